The van der Waals surface area contributed by atoms with Crippen LogP contribution in [-0.4, -0.2) is 14.9 Å². The molecule has 0 amide bonds. The van der Waals surface area contributed by atoms with Gasteiger partial charge in [-0.1, -0.05) is 30.3 Å². The van der Waals surface area contributed by atoms with Gasteiger partial charge in [0.2, 0.25) is 14.1 Å². The number of aryl methyl sites for hydroxylation is 1. The molecule has 0 aliphatic carbocycles. The standard InChI is InChI=1S/C17H17F5OSi/c1-24(2,23-10-6-9-11-7-4-3-5-8-11)17-15(21)13(19)12(18)14(20)16(17)22/h3-5,7-8H,6,9-10H2,1-2H3. The van der Waals surface area contributed by atoms with Crippen LogP contribution in [0, 0.1) is 29.1 Å². The molecule has 0 fully saturated rings. The fourth-order valence-electron chi connectivity index (χ4n) is 2.45. The second-order valence-electron chi connectivity index (χ2n) is 5.89. The number of benzene rings is 2. The summed E-state index contributed by atoms with van der Waals surface area (Å²) in [6.45, 7) is 3.00. The maximum absolute atomic E-state index is 13.9. The first-order valence-corrected chi connectivity index (χ1v) is 10.4. The summed E-state index contributed by atoms with van der Waals surface area (Å²) in [7, 11) is -3.29. The molecule has 0 N–H and O–H groups in total. The summed E-state index contributed by atoms with van der Waals surface area (Å²) in [5.41, 5.74) is 1.08. The molecule has 24 heavy (non-hydrogen) atoms. The lowest BCUT2D eigenvalue weighted by atomic mass is 10.1. The van der Waals surface area contributed by atoms with Gasteiger partial charge < -0.3 is 4.43 Å². The Morgan fingerprint density at radius 2 is 1.29 bits per heavy atom. The Morgan fingerprint density at radius 3 is 1.83 bits per heavy atom. The maximum Gasteiger partial charge on any atom is 0.224 e. The molecule has 0 saturated heterocycles. The average Bonchev–Trinajstić information content (AvgIpc) is 2.56. The van der Waals surface area contributed by atoms with Gasteiger partial charge in [0.05, 0.1) is 0 Å². The van der Waals surface area contributed by atoms with Crippen molar-refractivity contribution < 1.29 is 26.4 Å². The zero-order chi connectivity index (χ0) is 17.9. The minimum absolute atomic E-state index is 0.174. The third-order valence-electron chi connectivity index (χ3n) is 3.73. The maximum atomic E-state index is 13.9. The number of hydrogen-bond donors (Lipinski definition) is 0. The van der Waals surface area contributed by atoms with E-state index in [-0.39, 0.29) is 6.61 Å². The Labute approximate surface area is 138 Å². The molecule has 7 heteroatoms. The van der Waals surface area contributed by atoms with E-state index in [0.29, 0.717) is 12.8 Å². The van der Waals surface area contributed by atoms with Crippen molar-refractivity contribution in [1.29, 1.82) is 0 Å². The van der Waals surface area contributed by atoms with Gasteiger partial charge >= 0.3 is 0 Å². The highest BCUT2D eigenvalue weighted by atomic mass is 28.4. The lowest BCUT2D eigenvalue weighted by Crippen LogP contribution is -2.50. The van der Waals surface area contributed by atoms with Crippen LogP contribution in [0.2, 0.25) is 13.1 Å². The molecule has 2 rings (SSSR count). The Bertz CT molecular complexity index is 690. The van der Waals surface area contributed by atoms with E-state index in [9.17, 15) is 22.0 Å². The zero-order valence-electron chi connectivity index (χ0n) is 13.3. The summed E-state index contributed by atoms with van der Waals surface area (Å²) in [5, 5.41) is -0.821. The number of halogens is 5. The second kappa shape index (κ2) is 7.44. The highest BCUT2D eigenvalue weighted by Gasteiger charge is 2.37. The van der Waals surface area contributed by atoms with Gasteiger partial charge in [-0.05, 0) is 31.5 Å². The van der Waals surface area contributed by atoms with Crippen LogP contribution in [0.15, 0.2) is 30.3 Å². The number of rotatable bonds is 6. The van der Waals surface area contributed by atoms with Crippen molar-refractivity contribution in [1.82, 2.24) is 0 Å². The van der Waals surface area contributed by atoms with Crippen molar-refractivity contribution in [2.45, 2.75) is 25.9 Å². The minimum Gasteiger partial charge on any atom is -0.413 e. The topological polar surface area (TPSA) is 9.23 Å². The van der Waals surface area contributed by atoms with E-state index < -0.39 is 42.6 Å². The van der Waals surface area contributed by atoms with Gasteiger partial charge in [0, 0.05) is 11.8 Å². The third-order valence-corrected chi connectivity index (χ3v) is 6.30. The monoisotopic (exact) mass is 360 g/mol. The van der Waals surface area contributed by atoms with Crippen molar-refractivity contribution >= 4 is 13.5 Å². The fraction of sp³-hybridized carbons (Fsp3) is 0.294. The lowest BCUT2D eigenvalue weighted by Gasteiger charge is -2.24. The molecule has 0 aromatic heterocycles. The van der Waals surface area contributed by atoms with Crippen LogP contribution in [0.4, 0.5) is 22.0 Å². The largest absolute Gasteiger partial charge is 0.413 e. The Balaban J connectivity index is 2.10. The summed E-state index contributed by atoms with van der Waals surface area (Å²) in [5.74, 6) is -9.62. The predicted octanol–water partition coefficient (Wildman–Crippen LogP) is 4.44. The highest BCUT2D eigenvalue weighted by molar-refractivity contribution is 6.84. The molecule has 0 atom stereocenters. The molecule has 0 radical (unpaired) electrons. The fourth-order valence-corrected chi connectivity index (χ4v) is 4.53. The van der Waals surface area contributed by atoms with Gasteiger partial charge in [0.15, 0.2) is 23.3 Å². The summed E-state index contributed by atoms with van der Waals surface area (Å²) < 4.78 is 73.2. The highest BCUT2D eigenvalue weighted by Crippen LogP contribution is 2.20. The van der Waals surface area contributed by atoms with Crippen LogP contribution >= 0.6 is 0 Å². The molecule has 0 unspecified atom stereocenters. The minimum atomic E-state index is -3.29. The van der Waals surface area contributed by atoms with Crippen molar-refractivity contribution in [3.8, 4) is 0 Å². The van der Waals surface area contributed by atoms with Gasteiger partial charge in [0.1, 0.15) is 0 Å². The molecule has 0 bridgehead atoms. The van der Waals surface area contributed by atoms with E-state index in [1.165, 1.54) is 13.1 Å². The number of hydrogen-bond acceptors (Lipinski definition) is 1. The SMILES string of the molecule is C[Si](C)(OCCCc1ccccc1)c1c(F)c(F)c(F)c(F)c1F. The van der Waals surface area contributed by atoms with Crippen molar-refractivity contribution in [2.24, 2.45) is 0 Å². The Hall–Kier alpha value is -1.73. The van der Waals surface area contributed by atoms with Crippen LogP contribution in [0.1, 0.15) is 12.0 Å². The normalized spacial score (nSPS) is 11.8. The third kappa shape index (κ3) is 3.84. The molecular formula is C17H17F5OSi. The van der Waals surface area contributed by atoms with Gasteiger partial charge in [-0.3, -0.25) is 0 Å². The van der Waals surface area contributed by atoms with Gasteiger partial charge in [-0.25, -0.2) is 22.0 Å². The summed E-state index contributed by atoms with van der Waals surface area (Å²) >= 11 is 0. The van der Waals surface area contributed by atoms with Crippen LogP contribution in [-0.2, 0) is 10.8 Å². The van der Waals surface area contributed by atoms with Crippen molar-refractivity contribution in [2.75, 3.05) is 6.61 Å². The van der Waals surface area contributed by atoms with Crippen molar-refractivity contribution in [3.05, 3.63) is 65.0 Å². The molecule has 2 aromatic carbocycles. The molecular weight excluding hydrogens is 343 g/mol. The first kappa shape index (κ1) is 18.6. The van der Waals surface area contributed by atoms with E-state index in [1.54, 1.807) is 0 Å². The Kier molecular flexibility index (Phi) is 5.77. The van der Waals surface area contributed by atoms with Gasteiger partial charge in [-0.15, -0.1) is 0 Å². The van der Waals surface area contributed by atoms with Crippen LogP contribution in [0.25, 0.3) is 0 Å². The first-order chi connectivity index (χ1) is 11.3. The quantitative estimate of drug-likeness (QED) is 0.243. The molecule has 2 aromatic rings. The molecule has 1 nitrogen and oxygen atoms in total. The Morgan fingerprint density at radius 1 is 0.792 bits per heavy atom. The molecule has 130 valence electrons. The van der Waals surface area contributed by atoms with E-state index in [4.69, 9.17) is 4.43 Å². The molecule has 0 saturated carbocycles. The average molecular weight is 360 g/mol. The van der Waals surface area contributed by atoms with Crippen molar-refractivity contribution in [3.63, 3.8) is 0 Å². The second-order valence-corrected chi connectivity index (χ2v) is 9.70. The van der Waals surface area contributed by atoms with Gasteiger partial charge in [-0.2, -0.15) is 0 Å². The van der Waals surface area contributed by atoms with Crippen LogP contribution in [0.3, 0.4) is 0 Å². The van der Waals surface area contributed by atoms with Crippen LogP contribution < -0.4 is 5.19 Å². The van der Waals surface area contributed by atoms with E-state index in [0.717, 1.165) is 5.56 Å². The predicted molar refractivity (Wildman–Crippen MR) is 84.1 cm³/mol. The van der Waals surface area contributed by atoms with Gasteiger partial charge in [0.25, 0.3) is 0 Å². The van der Waals surface area contributed by atoms with Crippen LogP contribution in [0.5, 0.6) is 0 Å². The van der Waals surface area contributed by atoms with E-state index in [2.05, 4.69) is 0 Å². The van der Waals surface area contributed by atoms with E-state index in [1.807, 2.05) is 30.3 Å². The summed E-state index contributed by atoms with van der Waals surface area (Å²) in [6, 6.07) is 9.55. The molecule has 0 heterocycles. The molecule has 0 spiro atoms. The summed E-state index contributed by atoms with van der Waals surface area (Å²) in [4.78, 5) is 0. The molecule has 0 aliphatic rings. The smallest absolute Gasteiger partial charge is 0.224 e. The van der Waals surface area contributed by atoms with E-state index >= 15 is 0 Å². The lowest BCUT2D eigenvalue weighted by molar-refractivity contribution is 0.305. The zero-order valence-corrected chi connectivity index (χ0v) is 14.3. The first-order valence-electron chi connectivity index (χ1n) is 7.45. The molecule has 0 aliphatic heterocycles. The summed E-state index contributed by atoms with van der Waals surface area (Å²) in [6.07, 6.45) is 1.28.